The summed E-state index contributed by atoms with van der Waals surface area (Å²) in [6.07, 6.45) is 3.84. The number of fused-ring (bicyclic) bond motifs is 1. The quantitative estimate of drug-likeness (QED) is 0.287. The van der Waals surface area contributed by atoms with Gasteiger partial charge in [-0.15, -0.1) is 0 Å². The van der Waals surface area contributed by atoms with E-state index >= 15 is 0 Å². The number of aliphatic hydroxyl groups excluding tert-OH is 1. The smallest absolute Gasteiger partial charge is 0.337 e. The number of rotatable bonds is 7. The Kier molecular flexibility index (Phi) is 8.12. The summed E-state index contributed by atoms with van der Waals surface area (Å²) in [5, 5.41) is 11.6. The van der Waals surface area contributed by atoms with Crippen molar-refractivity contribution >= 4 is 28.5 Å². The lowest BCUT2D eigenvalue weighted by molar-refractivity contribution is -0.124. The number of aromatic nitrogens is 1. The van der Waals surface area contributed by atoms with Gasteiger partial charge in [0, 0.05) is 17.5 Å². The van der Waals surface area contributed by atoms with E-state index in [9.17, 15) is 14.7 Å². The van der Waals surface area contributed by atoms with Gasteiger partial charge in [-0.3, -0.25) is 9.69 Å². The van der Waals surface area contributed by atoms with Crippen LogP contribution in [0.15, 0.2) is 72.9 Å². The van der Waals surface area contributed by atoms with Gasteiger partial charge in [0.2, 0.25) is 5.91 Å². The Hall–Kier alpha value is -4.23. The largest absolute Gasteiger partial charge is 0.496 e. The van der Waals surface area contributed by atoms with Gasteiger partial charge in [-0.2, -0.15) is 0 Å². The molecule has 0 atom stereocenters. The highest BCUT2D eigenvalue weighted by Gasteiger charge is 2.31. The number of amides is 1. The minimum Gasteiger partial charge on any atom is -0.496 e. The Labute approximate surface area is 234 Å². The van der Waals surface area contributed by atoms with E-state index in [1.165, 1.54) is 7.11 Å². The zero-order valence-electron chi connectivity index (χ0n) is 23.1. The van der Waals surface area contributed by atoms with Crippen molar-refractivity contribution in [2.75, 3.05) is 19.1 Å². The molecule has 206 valence electrons. The number of aliphatic hydroxyl groups is 1. The van der Waals surface area contributed by atoms with Gasteiger partial charge >= 0.3 is 5.97 Å². The van der Waals surface area contributed by atoms with Gasteiger partial charge in [-0.05, 0) is 96.6 Å². The van der Waals surface area contributed by atoms with Gasteiger partial charge in [0.15, 0.2) is 0 Å². The van der Waals surface area contributed by atoms with Gasteiger partial charge in [-0.25, -0.2) is 9.78 Å². The van der Waals surface area contributed by atoms with Crippen LogP contribution in [0.2, 0.25) is 0 Å². The molecular weight excluding hydrogens is 504 g/mol. The number of benzene rings is 3. The number of hydrogen-bond acceptors (Lipinski definition) is 6. The molecule has 4 aromatic rings. The van der Waals surface area contributed by atoms with Crippen molar-refractivity contribution in [1.82, 2.24) is 4.98 Å². The highest BCUT2D eigenvalue weighted by atomic mass is 16.5. The second-order valence-electron chi connectivity index (χ2n) is 10.4. The molecule has 5 rings (SSSR count). The number of aryl methyl sites for hydroxylation is 1. The number of nitrogens with zero attached hydrogens (tertiary/aromatic N) is 2. The molecule has 7 heteroatoms. The van der Waals surface area contributed by atoms with Crippen LogP contribution in [0, 0.1) is 12.8 Å². The number of anilines is 1. The number of carbonyl (C=O) groups excluding carboxylic acids is 2. The first-order valence-corrected chi connectivity index (χ1v) is 13.6. The Morgan fingerprint density at radius 2 is 1.65 bits per heavy atom. The van der Waals surface area contributed by atoms with Crippen LogP contribution < -0.4 is 9.64 Å². The summed E-state index contributed by atoms with van der Waals surface area (Å²) in [4.78, 5) is 32.5. The average molecular weight is 539 g/mol. The lowest BCUT2D eigenvalue weighted by atomic mass is 9.86. The molecule has 0 bridgehead atoms. The van der Waals surface area contributed by atoms with E-state index < -0.39 is 5.97 Å². The molecule has 3 aromatic carbocycles. The molecule has 1 N–H and O–H groups in total. The van der Waals surface area contributed by atoms with Crippen LogP contribution in [0.1, 0.15) is 47.2 Å². The molecule has 1 heterocycles. The van der Waals surface area contributed by atoms with Gasteiger partial charge in [-0.1, -0.05) is 30.3 Å². The van der Waals surface area contributed by atoms with E-state index in [2.05, 4.69) is 23.2 Å². The predicted octanol–water partition coefficient (Wildman–Crippen LogP) is 6.09. The van der Waals surface area contributed by atoms with Crippen LogP contribution in [0.4, 0.5) is 5.82 Å². The Morgan fingerprint density at radius 1 is 0.925 bits per heavy atom. The normalized spacial score (nSPS) is 16.9. The number of esters is 1. The fraction of sp³-hybridized carbons (Fsp3) is 0.303. The lowest BCUT2D eigenvalue weighted by Gasteiger charge is -2.31. The van der Waals surface area contributed by atoms with E-state index in [0.29, 0.717) is 43.6 Å². The maximum absolute atomic E-state index is 14.0. The van der Waals surface area contributed by atoms with Crippen molar-refractivity contribution in [3.05, 3.63) is 89.6 Å². The summed E-state index contributed by atoms with van der Waals surface area (Å²) in [6.45, 7) is 2.38. The van der Waals surface area contributed by atoms with Gasteiger partial charge in [0.1, 0.15) is 11.6 Å². The first-order chi connectivity index (χ1) is 19.4. The summed E-state index contributed by atoms with van der Waals surface area (Å²) in [7, 11) is 3.02. The molecule has 1 aromatic heterocycles. The average Bonchev–Trinajstić information content (AvgIpc) is 2.99. The topological polar surface area (TPSA) is 89.0 Å². The Bertz CT molecular complexity index is 1520. The summed E-state index contributed by atoms with van der Waals surface area (Å²) >= 11 is 0. The second-order valence-corrected chi connectivity index (χ2v) is 10.4. The van der Waals surface area contributed by atoms with Crippen molar-refractivity contribution in [2.24, 2.45) is 5.92 Å². The van der Waals surface area contributed by atoms with E-state index in [0.717, 1.165) is 38.8 Å². The first-order valence-electron chi connectivity index (χ1n) is 13.6. The van der Waals surface area contributed by atoms with Crippen LogP contribution in [0.25, 0.3) is 21.9 Å². The minimum absolute atomic E-state index is 0.00111. The third kappa shape index (κ3) is 5.70. The van der Waals surface area contributed by atoms with E-state index in [4.69, 9.17) is 9.47 Å². The van der Waals surface area contributed by atoms with E-state index in [-0.39, 0.29) is 17.9 Å². The number of hydrogen-bond donors (Lipinski definition) is 1. The fourth-order valence-corrected chi connectivity index (χ4v) is 5.47. The molecule has 0 spiro atoms. The minimum atomic E-state index is -0.416. The molecule has 1 aliphatic carbocycles. The standard InChI is InChI=1S/C33H34N2O5/c1-21-18-25(11-15-30(21)39-2)23-6-4-22(5-7-23)20-35(32(37)24-8-12-28(36)13-9-24)31-29-14-10-27(33(38)40-3)19-26(29)16-17-34-31/h4-7,10-11,14-19,24,28,36H,8-9,12-13,20H2,1-3H3. The van der Waals surface area contributed by atoms with E-state index in [1.807, 2.05) is 43.3 Å². The lowest BCUT2D eigenvalue weighted by Crippen LogP contribution is -2.38. The van der Waals surface area contributed by atoms with Crippen molar-refractivity contribution in [3.8, 4) is 16.9 Å². The van der Waals surface area contributed by atoms with Gasteiger partial charge in [0.25, 0.3) is 0 Å². The number of ether oxygens (including phenoxy) is 2. The van der Waals surface area contributed by atoms with Crippen LogP contribution in [0.3, 0.4) is 0 Å². The summed E-state index contributed by atoms with van der Waals surface area (Å²) in [6, 6.07) is 21.4. The van der Waals surface area contributed by atoms with Crippen molar-refractivity contribution in [1.29, 1.82) is 0 Å². The third-order valence-corrected chi connectivity index (χ3v) is 7.75. The van der Waals surface area contributed by atoms with Crippen LogP contribution >= 0.6 is 0 Å². The first kappa shape index (κ1) is 27.3. The van der Waals surface area contributed by atoms with Crippen LogP contribution in [0.5, 0.6) is 5.75 Å². The Balaban J connectivity index is 1.49. The molecule has 0 aliphatic heterocycles. The van der Waals surface area contributed by atoms with Crippen molar-refractivity contribution in [3.63, 3.8) is 0 Å². The highest BCUT2D eigenvalue weighted by molar-refractivity contribution is 6.04. The summed E-state index contributed by atoms with van der Waals surface area (Å²) < 4.78 is 10.3. The van der Waals surface area contributed by atoms with Crippen LogP contribution in [-0.4, -0.2) is 42.3 Å². The molecule has 0 saturated heterocycles. The molecule has 1 saturated carbocycles. The number of pyridine rings is 1. The summed E-state index contributed by atoms with van der Waals surface area (Å²) in [5.41, 5.74) is 4.65. The monoisotopic (exact) mass is 538 g/mol. The molecule has 1 fully saturated rings. The Morgan fingerprint density at radius 3 is 2.33 bits per heavy atom. The molecule has 7 nitrogen and oxygen atoms in total. The molecule has 40 heavy (non-hydrogen) atoms. The third-order valence-electron chi connectivity index (χ3n) is 7.75. The zero-order valence-corrected chi connectivity index (χ0v) is 23.1. The molecular formula is C33H34N2O5. The zero-order chi connectivity index (χ0) is 28.2. The molecule has 0 radical (unpaired) electrons. The van der Waals surface area contributed by atoms with Crippen molar-refractivity contribution < 1.29 is 24.2 Å². The number of methoxy groups -OCH3 is 2. The SMILES string of the molecule is COC(=O)c1ccc2c(N(Cc3ccc(-c4ccc(OC)c(C)c4)cc3)C(=O)C3CCC(O)CC3)nccc2c1. The van der Waals surface area contributed by atoms with Crippen LogP contribution in [-0.2, 0) is 16.1 Å². The maximum atomic E-state index is 14.0. The van der Waals surface area contributed by atoms with Gasteiger partial charge in [0.05, 0.1) is 32.4 Å². The molecule has 1 amide bonds. The predicted molar refractivity (Wildman–Crippen MR) is 155 cm³/mol. The van der Waals surface area contributed by atoms with Gasteiger partial charge < -0.3 is 14.6 Å². The van der Waals surface area contributed by atoms with Crippen molar-refractivity contribution in [2.45, 2.75) is 45.3 Å². The molecule has 0 unspecified atom stereocenters. The highest BCUT2D eigenvalue weighted by Crippen LogP contribution is 2.33. The summed E-state index contributed by atoms with van der Waals surface area (Å²) in [5.74, 6) is 0.808. The maximum Gasteiger partial charge on any atom is 0.337 e. The molecule has 1 aliphatic rings. The fourth-order valence-electron chi connectivity index (χ4n) is 5.47. The second kappa shape index (κ2) is 11.9. The van der Waals surface area contributed by atoms with E-state index in [1.54, 1.807) is 30.3 Å². The number of carbonyl (C=O) groups is 2.